The van der Waals surface area contributed by atoms with Crippen LogP contribution in [0.3, 0.4) is 0 Å². The molecule has 6 nitrogen and oxygen atoms in total. The van der Waals surface area contributed by atoms with Crippen LogP contribution in [0.5, 0.6) is 5.75 Å². The Hall–Kier alpha value is -2.12. The zero-order valence-corrected chi connectivity index (χ0v) is 17.7. The van der Waals surface area contributed by atoms with E-state index in [0.717, 1.165) is 29.0 Å². The first-order valence-corrected chi connectivity index (χ1v) is 10.1. The maximum Gasteiger partial charge on any atom is 0.194 e. The van der Waals surface area contributed by atoms with Gasteiger partial charge in [0.25, 0.3) is 0 Å². The van der Waals surface area contributed by atoms with Gasteiger partial charge in [-0.3, -0.25) is 0 Å². The van der Waals surface area contributed by atoms with Crippen LogP contribution in [-0.4, -0.2) is 49.7 Å². The van der Waals surface area contributed by atoms with E-state index in [9.17, 15) is 0 Å². The molecular formula is C20H30N4O2S. The predicted octanol–water partition coefficient (Wildman–Crippen LogP) is 3.64. The summed E-state index contributed by atoms with van der Waals surface area (Å²) in [5, 5.41) is 6.39. The number of methoxy groups -OCH3 is 1. The molecule has 1 aromatic heterocycles. The normalized spacial score (nSPS) is 12.7. The third kappa shape index (κ3) is 6.84. The number of benzene rings is 1. The first-order chi connectivity index (χ1) is 13.0. The van der Waals surface area contributed by atoms with Gasteiger partial charge in [-0.25, -0.2) is 9.98 Å². The molecule has 1 unspecified atom stereocenters. The molecule has 0 saturated heterocycles. The Bertz CT molecular complexity index is 732. The number of hydrogen-bond acceptors (Lipinski definition) is 5. The number of rotatable bonds is 9. The number of thiazole rings is 1. The molecular weight excluding hydrogens is 360 g/mol. The maximum atomic E-state index is 5.78. The second-order valence-corrected chi connectivity index (χ2v) is 7.20. The lowest BCUT2D eigenvalue weighted by atomic mass is 10.2. The highest BCUT2D eigenvalue weighted by Crippen LogP contribution is 2.20. The molecule has 27 heavy (non-hydrogen) atoms. The summed E-state index contributed by atoms with van der Waals surface area (Å²) in [5.74, 6) is 1.73. The summed E-state index contributed by atoms with van der Waals surface area (Å²) in [6.45, 7) is 8.75. The Labute approximate surface area is 166 Å². The summed E-state index contributed by atoms with van der Waals surface area (Å²) in [7, 11) is 3.72. The van der Waals surface area contributed by atoms with Gasteiger partial charge in [0.15, 0.2) is 5.96 Å². The van der Waals surface area contributed by atoms with Crippen molar-refractivity contribution in [2.24, 2.45) is 4.99 Å². The largest absolute Gasteiger partial charge is 0.492 e. The highest BCUT2D eigenvalue weighted by Gasteiger charge is 2.12. The zero-order chi connectivity index (χ0) is 19.6. The lowest BCUT2D eigenvalue weighted by Gasteiger charge is -2.21. The Kier molecular flexibility index (Phi) is 8.54. The van der Waals surface area contributed by atoms with Gasteiger partial charge >= 0.3 is 0 Å². The predicted molar refractivity (Wildman–Crippen MR) is 112 cm³/mol. The zero-order valence-electron chi connectivity index (χ0n) is 16.9. The Morgan fingerprint density at radius 3 is 2.93 bits per heavy atom. The van der Waals surface area contributed by atoms with E-state index in [0.29, 0.717) is 19.7 Å². The van der Waals surface area contributed by atoms with E-state index >= 15 is 0 Å². The standard InChI is InChI=1S/C20H30N4O2S/c1-6-21-20(22-10-11-26-18-9-7-8-15(2)12-18)24(4)13-17-14-27-19(23-17)16(3)25-5/h7-9,12,14,16H,6,10-11,13H2,1-5H3,(H,21,22). The first kappa shape index (κ1) is 21.2. The van der Waals surface area contributed by atoms with Crippen LogP contribution < -0.4 is 10.1 Å². The molecule has 2 aromatic rings. The SMILES string of the molecule is CCNC(=NCCOc1cccc(C)c1)N(C)Cc1csc(C(C)OC)n1. The van der Waals surface area contributed by atoms with Crippen molar-refractivity contribution in [2.45, 2.75) is 33.4 Å². The van der Waals surface area contributed by atoms with Gasteiger partial charge in [-0.1, -0.05) is 12.1 Å². The van der Waals surface area contributed by atoms with Gasteiger partial charge in [-0.05, 0) is 38.5 Å². The molecule has 7 heteroatoms. The summed E-state index contributed by atoms with van der Waals surface area (Å²) in [4.78, 5) is 11.4. The minimum absolute atomic E-state index is 0.0229. The molecule has 0 amide bonds. The van der Waals surface area contributed by atoms with Crippen molar-refractivity contribution in [2.75, 3.05) is 33.9 Å². The molecule has 1 aromatic carbocycles. The molecule has 0 radical (unpaired) electrons. The topological polar surface area (TPSA) is 59.0 Å². The minimum atomic E-state index is 0.0229. The fraction of sp³-hybridized carbons (Fsp3) is 0.500. The van der Waals surface area contributed by atoms with Crippen LogP contribution >= 0.6 is 11.3 Å². The summed E-state index contributed by atoms with van der Waals surface area (Å²) in [6.07, 6.45) is 0.0229. The first-order valence-electron chi connectivity index (χ1n) is 9.19. The van der Waals surface area contributed by atoms with Crippen LogP contribution in [0.2, 0.25) is 0 Å². The Balaban J connectivity index is 1.90. The monoisotopic (exact) mass is 390 g/mol. The molecule has 1 heterocycles. The molecule has 0 bridgehead atoms. The van der Waals surface area contributed by atoms with Crippen molar-refractivity contribution in [3.63, 3.8) is 0 Å². The summed E-state index contributed by atoms with van der Waals surface area (Å²) >= 11 is 1.63. The van der Waals surface area contributed by atoms with E-state index in [1.165, 1.54) is 5.56 Å². The molecule has 148 valence electrons. The van der Waals surface area contributed by atoms with E-state index in [1.807, 2.05) is 32.2 Å². The van der Waals surface area contributed by atoms with Crippen molar-refractivity contribution >= 4 is 17.3 Å². The van der Waals surface area contributed by atoms with Crippen LogP contribution in [0, 0.1) is 6.92 Å². The lowest BCUT2D eigenvalue weighted by molar-refractivity contribution is 0.119. The van der Waals surface area contributed by atoms with Crippen molar-refractivity contribution in [1.82, 2.24) is 15.2 Å². The Morgan fingerprint density at radius 2 is 2.22 bits per heavy atom. The molecule has 2 rings (SSSR count). The number of aromatic nitrogens is 1. The number of nitrogens with one attached hydrogen (secondary N) is 1. The second kappa shape index (κ2) is 10.9. The maximum absolute atomic E-state index is 5.78. The van der Waals surface area contributed by atoms with E-state index < -0.39 is 0 Å². The van der Waals surface area contributed by atoms with E-state index in [4.69, 9.17) is 9.47 Å². The van der Waals surface area contributed by atoms with Crippen LogP contribution in [0.4, 0.5) is 0 Å². The van der Waals surface area contributed by atoms with Crippen molar-refractivity contribution in [3.05, 3.63) is 45.9 Å². The summed E-state index contributed by atoms with van der Waals surface area (Å²) in [5.41, 5.74) is 2.21. The van der Waals surface area contributed by atoms with Crippen molar-refractivity contribution in [1.29, 1.82) is 0 Å². The molecule has 0 saturated carbocycles. The summed E-state index contributed by atoms with van der Waals surface area (Å²) < 4.78 is 11.1. The molecule has 0 aliphatic heterocycles. The van der Waals surface area contributed by atoms with E-state index in [-0.39, 0.29) is 6.10 Å². The number of ether oxygens (including phenoxy) is 2. The molecule has 1 atom stereocenters. The molecule has 0 fully saturated rings. The van der Waals surface area contributed by atoms with Gasteiger partial charge in [0, 0.05) is 26.1 Å². The van der Waals surface area contributed by atoms with Crippen molar-refractivity contribution in [3.8, 4) is 5.75 Å². The van der Waals surface area contributed by atoms with E-state index in [2.05, 4.69) is 45.5 Å². The average Bonchev–Trinajstić information content (AvgIpc) is 3.12. The van der Waals surface area contributed by atoms with Crippen molar-refractivity contribution < 1.29 is 9.47 Å². The van der Waals surface area contributed by atoms with Gasteiger partial charge < -0.3 is 19.7 Å². The number of guanidine groups is 1. The number of aliphatic imine (C=N–C) groups is 1. The van der Waals surface area contributed by atoms with Crippen LogP contribution in [-0.2, 0) is 11.3 Å². The van der Waals surface area contributed by atoms with Crippen LogP contribution in [0.1, 0.15) is 36.2 Å². The van der Waals surface area contributed by atoms with Gasteiger partial charge in [0.2, 0.25) is 0 Å². The molecule has 1 N–H and O–H groups in total. The quantitative estimate of drug-likeness (QED) is 0.402. The number of nitrogens with zero attached hydrogens (tertiary/aromatic N) is 3. The fourth-order valence-corrected chi connectivity index (χ4v) is 3.33. The summed E-state index contributed by atoms with van der Waals surface area (Å²) in [6, 6.07) is 8.05. The highest BCUT2D eigenvalue weighted by atomic mass is 32.1. The van der Waals surface area contributed by atoms with Gasteiger partial charge in [0.1, 0.15) is 23.5 Å². The fourth-order valence-electron chi connectivity index (χ4n) is 2.49. The Morgan fingerprint density at radius 1 is 1.41 bits per heavy atom. The smallest absolute Gasteiger partial charge is 0.194 e. The average molecular weight is 391 g/mol. The number of aryl methyl sites for hydroxylation is 1. The number of hydrogen-bond donors (Lipinski definition) is 1. The molecule has 0 aliphatic rings. The molecule has 0 aliphatic carbocycles. The third-order valence-corrected chi connectivity index (χ3v) is 5.03. The van der Waals surface area contributed by atoms with Gasteiger partial charge in [-0.15, -0.1) is 11.3 Å². The highest BCUT2D eigenvalue weighted by molar-refractivity contribution is 7.09. The minimum Gasteiger partial charge on any atom is -0.492 e. The van der Waals surface area contributed by atoms with Crippen LogP contribution in [0.25, 0.3) is 0 Å². The second-order valence-electron chi connectivity index (χ2n) is 6.31. The molecule has 0 spiro atoms. The van der Waals surface area contributed by atoms with Crippen LogP contribution in [0.15, 0.2) is 34.6 Å². The van der Waals surface area contributed by atoms with E-state index in [1.54, 1.807) is 18.4 Å². The lowest BCUT2D eigenvalue weighted by Crippen LogP contribution is -2.38. The van der Waals surface area contributed by atoms with Gasteiger partial charge in [-0.2, -0.15) is 0 Å². The van der Waals surface area contributed by atoms with Gasteiger partial charge in [0.05, 0.1) is 18.8 Å². The third-order valence-electron chi connectivity index (χ3n) is 3.98.